The fourth-order valence-electron chi connectivity index (χ4n) is 5.14. The van der Waals surface area contributed by atoms with Crippen LogP contribution < -0.4 is 0 Å². The Bertz CT molecular complexity index is 515. The maximum atomic E-state index is 11.0. The quantitative estimate of drug-likeness (QED) is 0.275. The molecule has 3 heteroatoms. The normalized spacial score (nSPS) is 34.9. The molecule has 2 aliphatic carbocycles. The van der Waals surface area contributed by atoms with E-state index in [4.69, 9.17) is 5.11 Å². The molecule has 0 saturated heterocycles. The summed E-state index contributed by atoms with van der Waals surface area (Å²) in [6.07, 6.45) is 8.50. The third-order valence-electron chi connectivity index (χ3n) is 6.27. The number of aliphatic carboxylic acids is 1. The van der Waals surface area contributed by atoms with Gasteiger partial charge < -0.3 is 5.11 Å². The van der Waals surface area contributed by atoms with Crippen molar-refractivity contribution >= 4 is 12.3 Å². The smallest absolute Gasteiger partial charge is 0.338 e. The second-order valence-corrected chi connectivity index (χ2v) is 7.97. The highest BCUT2D eigenvalue weighted by Crippen LogP contribution is 2.61. The number of carboxylic acid groups (broad SMARTS) is 1. The van der Waals surface area contributed by atoms with Gasteiger partial charge >= 0.3 is 5.97 Å². The predicted molar refractivity (Wildman–Crippen MR) is 87.5 cm³/mol. The first-order valence-electron chi connectivity index (χ1n) is 8.28. The number of carbonyl (C=O) groups is 2. The van der Waals surface area contributed by atoms with Crippen LogP contribution in [0.25, 0.3) is 0 Å². The average Bonchev–Trinajstić information content (AvgIpc) is 2.40. The maximum Gasteiger partial charge on any atom is 0.338 e. The minimum atomic E-state index is -1.14. The fourth-order valence-corrected chi connectivity index (χ4v) is 5.14. The van der Waals surface area contributed by atoms with Gasteiger partial charge in [-0.1, -0.05) is 45.4 Å². The van der Waals surface area contributed by atoms with E-state index in [2.05, 4.69) is 27.4 Å². The molecule has 0 unspecified atom stereocenters. The monoisotopic (exact) mass is 304 g/mol. The molecule has 0 aromatic rings. The van der Waals surface area contributed by atoms with Crippen LogP contribution in [0.1, 0.15) is 59.3 Å². The molecule has 2 fully saturated rings. The molecule has 0 aromatic heterocycles. The Labute approximate surface area is 133 Å². The number of aldehydes is 1. The van der Waals surface area contributed by atoms with Crippen molar-refractivity contribution in [3.63, 3.8) is 0 Å². The molecule has 3 nitrogen and oxygen atoms in total. The second-order valence-electron chi connectivity index (χ2n) is 7.97. The predicted octanol–water partition coefficient (Wildman–Crippen LogP) is 4.39. The Morgan fingerprint density at radius 1 is 1.36 bits per heavy atom. The molecule has 0 radical (unpaired) electrons. The zero-order chi connectivity index (χ0) is 16.5. The van der Waals surface area contributed by atoms with E-state index in [1.807, 2.05) is 0 Å². The van der Waals surface area contributed by atoms with Crippen molar-refractivity contribution in [1.82, 2.24) is 0 Å². The van der Waals surface area contributed by atoms with Crippen LogP contribution in [0.15, 0.2) is 23.8 Å². The lowest BCUT2D eigenvalue weighted by Crippen LogP contribution is -2.49. The summed E-state index contributed by atoms with van der Waals surface area (Å²) in [6, 6.07) is 0. The topological polar surface area (TPSA) is 54.4 Å². The van der Waals surface area contributed by atoms with Crippen LogP contribution in [0, 0.1) is 22.7 Å². The molecule has 0 bridgehead atoms. The van der Waals surface area contributed by atoms with Crippen LogP contribution in [0.4, 0.5) is 0 Å². The highest BCUT2D eigenvalue weighted by atomic mass is 16.4. The summed E-state index contributed by atoms with van der Waals surface area (Å²) in [5.74, 6) is -0.218. The van der Waals surface area contributed by atoms with Gasteiger partial charge in [0.05, 0.1) is 5.57 Å². The Hall–Kier alpha value is -1.38. The van der Waals surface area contributed by atoms with Crippen molar-refractivity contribution in [2.45, 2.75) is 59.3 Å². The first-order valence-corrected chi connectivity index (χ1v) is 8.28. The Morgan fingerprint density at radius 2 is 2.05 bits per heavy atom. The maximum absolute atomic E-state index is 11.0. The summed E-state index contributed by atoms with van der Waals surface area (Å²) in [7, 11) is 0. The minimum Gasteiger partial charge on any atom is -0.478 e. The van der Waals surface area contributed by atoms with Gasteiger partial charge in [-0.3, -0.25) is 4.79 Å². The molecule has 0 amide bonds. The van der Waals surface area contributed by atoms with Crippen molar-refractivity contribution in [2.75, 3.05) is 0 Å². The summed E-state index contributed by atoms with van der Waals surface area (Å²) in [6.45, 7) is 11.3. The molecule has 0 aliphatic heterocycles. The average molecular weight is 304 g/mol. The van der Waals surface area contributed by atoms with Gasteiger partial charge in [-0.25, -0.2) is 4.79 Å². The summed E-state index contributed by atoms with van der Waals surface area (Å²) < 4.78 is 0. The van der Waals surface area contributed by atoms with Crippen LogP contribution in [0.3, 0.4) is 0 Å². The van der Waals surface area contributed by atoms with Crippen molar-refractivity contribution in [3.8, 4) is 0 Å². The van der Waals surface area contributed by atoms with E-state index in [1.54, 1.807) is 6.08 Å². The molecular weight excluding hydrogens is 276 g/mol. The number of carboxylic acids is 1. The van der Waals surface area contributed by atoms with Crippen LogP contribution in [-0.4, -0.2) is 17.4 Å². The lowest BCUT2D eigenvalue weighted by atomic mass is 9.47. The molecule has 0 aromatic carbocycles. The van der Waals surface area contributed by atoms with Gasteiger partial charge in [-0.15, -0.1) is 0 Å². The molecule has 3 atom stereocenters. The zero-order valence-corrected chi connectivity index (χ0v) is 14.0. The van der Waals surface area contributed by atoms with Crippen molar-refractivity contribution < 1.29 is 14.7 Å². The largest absolute Gasteiger partial charge is 0.478 e. The molecule has 22 heavy (non-hydrogen) atoms. The lowest BCUT2D eigenvalue weighted by Gasteiger charge is -2.58. The third-order valence-corrected chi connectivity index (χ3v) is 6.27. The Kier molecular flexibility index (Phi) is 4.65. The molecular formula is C19H28O3. The van der Waals surface area contributed by atoms with Gasteiger partial charge in [0.15, 0.2) is 6.29 Å². The van der Waals surface area contributed by atoms with Gasteiger partial charge in [-0.2, -0.15) is 0 Å². The highest BCUT2D eigenvalue weighted by Gasteiger charge is 2.52. The molecule has 0 spiro atoms. The number of hydrogen-bond donors (Lipinski definition) is 1. The number of allylic oxidation sites excluding steroid dienone is 2. The van der Waals surface area contributed by atoms with Gasteiger partial charge in [0.25, 0.3) is 0 Å². The first-order chi connectivity index (χ1) is 10.2. The number of hydrogen-bond acceptors (Lipinski definition) is 2. The Balaban J connectivity index is 2.30. The van der Waals surface area contributed by atoms with Crippen molar-refractivity contribution in [3.05, 3.63) is 23.8 Å². The van der Waals surface area contributed by atoms with Crippen molar-refractivity contribution in [1.29, 1.82) is 0 Å². The van der Waals surface area contributed by atoms with Gasteiger partial charge in [-0.05, 0) is 54.8 Å². The fraction of sp³-hybridized carbons (Fsp3) is 0.684. The zero-order valence-electron chi connectivity index (χ0n) is 14.0. The summed E-state index contributed by atoms with van der Waals surface area (Å²) in [5.41, 5.74) is 1.59. The van der Waals surface area contributed by atoms with E-state index >= 15 is 0 Å². The summed E-state index contributed by atoms with van der Waals surface area (Å²) >= 11 is 0. The number of carbonyl (C=O) groups excluding carboxylic acids is 1. The lowest BCUT2D eigenvalue weighted by molar-refractivity contribution is -0.133. The van der Waals surface area contributed by atoms with Crippen LogP contribution in [0.5, 0.6) is 0 Å². The number of rotatable bonds is 4. The van der Waals surface area contributed by atoms with E-state index in [0.29, 0.717) is 24.0 Å². The highest BCUT2D eigenvalue weighted by molar-refractivity contribution is 6.06. The molecule has 1 N–H and O–H groups in total. The van der Waals surface area contributed by atoms with E-state index in [0.717, 1.165) is 6.42 Å². The molecule has 0 heterocycles. The Morgan fingerprint density at radius 3 is 2.64 bits per heavy atom. The van der Waals surface area contributed by atoms with Gasteiger partial charge in [0.1, 0.15) is 0 Å². The first kappa shape index (κ1) is 17.0. The van der Waals surface area contributed by atoms with E-state index in [9.17, 15) is 9.59 Å². The number of fused-ring (bicyclic) bond motifs is 1. The molecule has 2 aliphatic rings. The second kappa shape index (κ2) is 6.02. The van der Waals surface area contributed by atoms with Crippen LogP contribution in [0.2, 0.25) is 0 Å². The summed E-state index contributed by atoms with van der Waals surface area (Å²) in [5, 5.41) is 9.03. The molecule has 122 valence electrons. The standard InChI is InChI=1S/C19H28O3/c1-13-6-9-16-18(2,3)10-5-11-19(16,4)15(13)8-7-14(12-20)17(21)22/h7,12,15-16H,1,5-6,8-11H2,2-4H3,(H,21,22)/b14-7+/t15-,16-,19+/m0/s1. The summed E-state index contributed by atoms with van der Waals surface area (Å²) in [4.78, 5) is 21.9. The minimum absolute atomic E-state index is 0.131. The van der Waals surface area contributed by atoms with E-state index in [1.165, 1.54) is 31.3 Å². The van der Waals surface area contributed by atoms with E-state index < -0.39 is 5.97 Å². The van der Waals surface area contributed by atoms with Crippen LogP contribution >= 0.6 is 0 Å². The van der Waals surface area contributed by atoms with Crippen molar-refractivity contribution in [2.24, 2.45) is 22.7 Å². The molecule has 2 saturated carbocycles. The van der Waals surface area contributed by atoms with Gasteiger partial charge in [0, 0.05) is 0 Å². The molecule has 2 rings (SSSR count). The SMILES string of the molecule is C=C1CC[C@H]2C(C)(C)CCC[C@]2(C)[C@H]1C/C=C(\C=O)C(=O)O. The van der Waals surface area contributed by atoms with E-state index in [-0.39, 0.29) is 16.9 Å². The van der Waals surface area contributed by atoms with Crippen LogP contribution in [-0.2, 0) is 9.59 Å². The third kappa shape index (κ3) is 2.90. The van der Waals surface area contributed by atoms with Gasteiger partial charge in [0.2, 0.25) is 0 Å².